The highest BCUT2D eigenvalue weighted by molar-refractivity contribution is 5.28. The van der Waals surface area contributed by atoms with Crippen LogP contribution in [0.25, 0.3) is 0 Å². The number of nitrogens with two attached hydrogens (primary N) is 1. The van der Waals surface area contributed by atoms with Crippen LogP contribution in [0.3, 0.4) is 0 Å². The van der Waals surface area contributed by atoms with E-state index in [9.17, 15) is 0 Å². The van der Waals surface area contributed by atoms with Crippen molar-refractivity contribution in [3.05, 3.63) is 53.6 Å². The van der Waals surface area contributed by atoms with Gasteiger partial charge in [-0.15, -0.1) is 0 Å². The van der Waals surface area contributed by atoms with Gasteiger partial charge in [0.1, 0.15) is 5.82 Å². The molecule has 2 N–H and O–H groups in total. The van der Waals surface area contributed by atoms with E-state index in [0.717, 1.165) is 31.6 Å². The van der Waals surface area contributed by atoms with Crippen LogP contribution < -0.4 is 5.73 Å². The van der Waals surface area contributed by atoms with Crippen LogP contribution in [-0.4, -0.2) is 9.55 Å². The van der Waals surface area contributed by atoms with Crippen LogP contribution in [0.2, 0.25) is 0 Å². The van der Waals surface area contributed by atoms with E-state index in [2.05, 4.69) is 53.9 Å². The van der Waals surface area contributed by atoms with Crippen molar-refractivity contribution in [2.75, 3.05) is 0 Å². The molecule has 1 atom stereocenters. The van der Waals surface area contributed by atoms with E-state index in [1.54, 1.807) is 0 Å². The van der Waals surface area contributed by atoms with Crippen LogP contribution in [0.15, 0.2) is 36.7 Å². The van der Waals surface area contributed by atoms with Crippen molar-refractivity contribution in [2.24, 2.45) is 5.73 Å². The summed E-state index contributed by atoms with van der Waals surface area (Å²) in [6.07, 6.45) is 6.91. The molecule has 2 aromatic rings. The molecule has 102 valence electrons. The van der Waals surface area contributed by atoms with Gasteiger partial charge in [-0.25, -0.2) is 4.98 Å². The molecular formula is C16H23N3. The first kappa shape index (κ1) is 13.8. The van der Waals surface area contributed by atoms with Crippen molar-refractivity contribution in [3.63, 3.8) is 0 Å². The highest BCUT2D eigenvalue weighted by atomic mass is 15.1. The summed E-state index contributed by atoms with van der Waals surface area (Å²) < 4.78 is 2.23. The molecular weight excluding hydrogens is 234 g/mol. The second kappa shape index (κ2) is 6.53. The fraction of sp³-hybridized carbons (Fsp3) is 0.438. The zero-order valence-corrected chi connectivity index (χ0v) is 11.8. The highest BCUT2D eigenvalue weighted by Crippen LogP contribution is 2.17. The number of aryl methyl sites for hydroxylation is 1. The zero-order chi connectivity index (χ0) is 13.7. The quantitative estimate of drug-likeness (QED) is 0.863. The number of benzene rings is 1. The Hall–Kier alpha value is -1.61. The monoisotopic (exact) mass is 257 g/mol. The zero-order valence-electron chi connectivity index (χ0n) is 11.8. The predicted molar refractivity (Wildman–Crippen MR) is 79.0 cm³/mol. The smallest absolute Gasteiger partial charge is 0.113 e. The van der Waals surface area contributed by atoms with Crippen molar-refractivity contribution >= 4 is 0 Å². The van der Waals surface area contributed by atoms with E-state index in [1.807, 2.05) is 6.20 Å². The maximum Gasteiger partial charge on any atom is 0.113 e. The number of aromatic nitrogens is 2. The van der Waals surface area contributed by atoms with E-state index in [4.69, 9.17) is 5.73 Å². The summed E-state index contributed by atoms with van der Waals surface area (Å²) in [5, 5.41) is 0. The lowest BCUT2D eigenvalue weighted by Gasteiger charge is -2.11. The number of hydrogen-bond acceptors (Lipinski definition) is 2. The minimum Gasteiger partial charge on any atom is -0.335 e. The Balaban J connectivity index is 2.16. The van der Waals surface area contributed by atoms with Crippen molar-refractivity contribution in [2.45, 2.75) is 45.7 Å². The average molecular weight is 257 g/mol. The lowest BCUT2D eigenvalue weighted by atomic mass is 10.0. The largest absolute Gasteiger partial charge is 0.335 e. The average Bonchev–Trinajstić information content (AvgIpc) is 2.86. The normalized spacial score (nSPS) is 12.6. The van der Waals surface area contributed by atoms with Gasteiger partial charge < -0.3 is 10.3 Å². The molecule has 1 heterocycles. The van der Waals surface area contributed by atoms with E-state index in [0.29, 0.717) is 0 Å². The minimum atomic E-state index is 0.135. The van der Waals surface area contributed by atoms with Crippen LogP contribution in [0, 0.1) is 0 Å². The van der Waals surface area contributed by atoms with Gasteiger partial charge in [0.15, 0.2) is 0 Å². The van der Waals surface area contributed by atoms with Crippen molar-refractivity contribution in [1.29, 1.82) is 0 Å². The van der Waals surface area contributed by atoms with Gasteiger partial charge in [0, 0.05) is 31.4 Å². The molecule has 2 rings (SSSR count). The molecule has 0 saturated carbocycles. The number of nitrogens with zero attached hydrogens (tertiary/aromatic N) is 2. The third-order valence-corrected chi connectivity index (χ3v) is 3.45. The summed E-state index contributed by atoms with van der Waals surface area (Å²) in [6.45, 7) is 5.33. The molecule has 19 heavy (non-hydrogen) atoms. The molecule has 0 fully saturated rings. The number of rotatable bonds is 6. The molecule has 0 aliphatic rings. The fourth-order valence-electron chi connectivity index (χ4n) is 2.30. The Kier molecular flexibility index (Phi) is 4.74. The van der Waals surface area contributed by atoms with E-state index < -0.39 is 0 Å². The van der Waals surface area contributed by atoms with E-state index >= 15 is 0 Å². The minimum absolute atomic E-state index is 0.135. The molecule has 0 spiro atoms. The van der Waals surface area contributed by atoms with Gasteiger partial charge in [-0.3, -0.25) is 0 Å². The summed E-state index contributed by atoms with van der Waals surface area (Å²) in [7, 11) is 0. The molecule has 0 aliphatic heterocycles. The Morgan fingerprint density at radius 3 is 2.89 bits per heavy atom. The SMILES string of the molecule is CCCn1ccnc1Cc1cccc(C(N)CC)c1. The second-order valence-corrected chi connectivity index (χ2v) is 4.97. The van der Waals surface area contributed by atoms with Gasteiger partial charge in [-0.1, -0.05) is 38.1 Å². The van der Waals surface area contributed by atoms with Gasteiger partial charge in [-0.2, -0.15) is 0 Å². The molecule has 1 aromatic heterocycles. The molecule has 0 radical (unpaired) electrons. The maximum absolute atomic E-state index is 6.09. The topological polar surface area (TPSA) is 43.8 Å². The summed E-state index contributed by atoms with van der Waals surface area (Å²) >= 11 is 0. The molecule has 3 nitrogen and oxygen atoms in total. The Morgan fingerprint density at radius 1 is 1.32 bits per heavy atom. The number of imidazole rings is 1. The first-order chi connectivity index (χ1) is 9.24. The first-order valence-corrected chi connectivity index (χ1v) is 7.09. The van der Waals surface area contributed by atoms with Crippen LogP contribution >= 0.6 is 0 Å². The maximum atomic E-state index is 6.09. The fourth-order valence-corrected chi connectivity index (χ4v) is 2.30. The van der Waals surface area contributed by atoms with Gasteiger partial charge in [-0.05, 0) is 24.0 Å². The van der Waals surface area contributed by atoms with Crippen molar-refractivity contribution in [3.8, 4) is 0 Å². The molecule has 1 unspecified atom stereocenters. The van der Waals surface area contributed by atoms with Crippen LogP contribution in [0.1, 0.15) is 49.7 Å². The molecule has 3 heteroatoms. The van der Waals surface area contributed by atoms with Gasteiger partial charge >= 0.3 is 0 Å². The third kappa shape index (κ3) is 3.44. The molecule has 0 saturated heterocycles. The standard InChI is InChI=1S/C16H23N3/c1-3-9-19-10-8-18-16(19)12-13-6-5-7-14(11-13)15(17)4-2/h5-8,10-11,15H,3-4,9,12,17H2,1-2H3. The summed E-state index contributed by atoms with van der Waals surface area (Å²) in [5.74, 6) is 1.13. The van der Waals surface area contributed by atoms with Crippen LogP contribution in [0.4, 0.5) is 0 Å². The molecule has 0 aliphatic carbocycles. The van der Waals surface area contributed by atoms with E-state index in [-0.39, 0.29) is 6.04 Å². The Bertz CT molecular complexity index is 516. The van der Waals surface area contributed by atoms with Crippen LogP contribution in [0.5, 0.6) is 0 Å². The first-order valence-electron chi connectivity index (χ1n) is 7.09. The van der Waals surface area contributed by atoms with Gasteiger partial charge in [0.2, 0.25) is 0 Å². The van der Waals surface area contributed by atoms with Gasteiger partial charge in [0.05, 0.1) is 0 Å². The van der Waals surface area contributed by atoms with E-state index in [1.165, 1.54) is 11.1 Å². The summed E-state index contributed by atoms with van der Waals surface area (Å²) in [6, 6.07) is 8.69. The molecule has 0 amide bonds. The summed E-state index contributed by atoms with van der Waals surface area (Å²) in [5.41, 5.74) is 8.59. The highest BCUT2D eigenvalue weighted by Gasteiger charge is 2.07. The van der Waals surface area contributed by atoms with Gasteiger partial charge in [0.25, 0.3) is 0 Å². The molecule has 0 bridgehead atoms. The lowest BCUT2D eigenvalue weighted by Crippen LogP contribution is -2.09. The Labute approximate surface area is 115 Å². The van der Waals surface area contributed by atoms with Crippen LogP contribution in [-0.2, 0) is 13.0 Å². The summed E-state index contributed by atoms with van der Waals surface area (Å²) in [4.78, 5) is 4.46. The number of hydrogen-bond donors (Lipinski definition) is 1. The second-order valence-electron chi connectivity index (χ2n) is 4.97. The molecule has 1 aromatic carbocycles. The van der Waals surface area contributed by atoms with Crippen molar-refractivity contribution < 1.29 is 0 Å². The van der Waals surface area contributed by atoms with Crippen molar-refractivity contribution in [1.82, 2.24) is 9.55 Å². The third-order valence-electron chi connectivity index (χ3n) is 3.45. The lowest BCUT2D eigenvalue weighted by molar-refractivity contribution is 0.646. The Morgan fingerprint density at radius 2 is 2.16 bits per heavy atom. The predicted octanol–water partition coefficient (Wildman–Crippen LogP) is 3.29.